The average molecular weight is 226 g/mol. The van der Waals surface area contributed by atoms with E-state index in [9.17, 15) is 0 Å². The van der Waals surface area contributed by atoms with Gasteiger partial charge in [-0.25, -0.2) is 0 Å². The summed E-state index contributed by atoms with van der Waals surface area (Å²) in [5.41, 5.74) is 0. The van der Waals surface area contributed by atoms with E-state index in [-0.39, 0.29) is 0 Å². The van der Waals surface area contributed by atoms with Crippen LogP contribution in [0.2, 0.25) is 0 Å². The molecule has 0 saturated heterocycles. The Hall–Kier alpha value is -0.0800. The van der Waals surface area contributed by atoms with Crippen molar-refractivity contribution in [1.82, 2.24) is 10.2 Å². The van der Waals surface area contributed by atoms with Gasteiger partial charge in [0.05, 0.1) is 0 Å². The predicted molar refractivity (Wildman–Crippen MR) is 71.8 cm³/mol. The molecule has 0 aromatic rings. The molecular weight excluding hydrogens is 196 g/mol. The molecule has 1 saturated carbocycles. The smallest absolute Gasteiger partial charge is 0.0192 e. The number of hydrogen-bond acceptors (Lipinski definition) is 2. The van der Waals surface area contributed by atoms with E-state index in [1.54, 1.807) is 0 Å². The van der Waals surface area contributed by atoms with Crippen molar-refractivity contribution in [3.05, 3.63) is 0 Å². The average Bonchev–Trinajstić information content (AvgIpc) is 2.29. The monoisotopic (exact) mass is 226 g/mol. The van der Waals surface area contributed by atoms with Crippen molar-refractivity contribution in [3.63, 3.8) is 0 Å². The summed E-state index contributed by atoms with van der Waals surface area (Å²) in [5, 5.41) is 3.52. The highest BCUT2D eigenvalue weighted by atomic mass is 15.2. The van der Waals surface area contributed by atoms with Gasteiger partial charge < -0.3 is 5.32 Å². The lowest BCUT2D eigenvalue weighted by atomic mass is 9.86. The van der Waals surface area contributed by atoms with Gasteiger partial charge in [-0.2, -0.15) is 0 Å². The largest absolute Gasteiger partial charge is 0.315 e. The number of nitrogens with zero attached hydrogens (tertiary/aromatic N) is 1. The first-order valence-electron chi connectivity index (χ1n) is 7.07. The molecule has 0 amide bonds. The van der Waals surface area contributed by atoms with E-state index >= 15 is 0 Å². The molecule has 2 heteroatoms. The quantitative estimate of drug-likeness (QED) is 0.701. The van der Waals surface area contributed by atoms with Crippen molar-refractivity contribution in [2.75, 3.05) is 20.1 Å². The Bertz CT molecular complexity index is 174. The highest BCUT2D eigenvalue weighted by Crippen LogP contribution is 2.27. The highest BCUT2D eigenvalue weighted by molar-refractivity contribution is 4.80. The van der Waals surface area contributed by atoms with Crippen molar-refractivity contribution in [2.24, 2.45) is 5.92 Å². The van der Waals surface area contributed by atoms with E-state index in [4.69, 9.17) is 0 Å². The summed E-state index contributed by atoms with van der Waals surface area (Å²) < 4.78 is 0. The SMILES string of the molecule is CCCNCC(C)N(C)C1CCC(C)CC1. The molecule has 0 radical (unpaired) electrons. The molecular formula is C14H30N2. The van der Waals surface area contributed by atoms with Crippen LogP contribution in [0.1, 0.15) is 52.9 Å². The zero-order valence-corrected chi connectivity index (χ0v) is 11.6. The number of rotatable bonds is 6. The Morgan fingerprint density at radius 1 is 1.25 bits per heavy atom. The van der Waals surface area contributed by atoms with Crippen LogP contribution in [0.4, 0.5) is 0 Å². The first kappa shape index (κ1) is 14.0. The Morgan fingerprint density at radius 3 is 2.44 bits per heavy atom. The first-order valence-corrected chi connectivity index (χ1v) is 7.07. The number of hydrogen-bond donors (Lipinski definition) is 1. The standard InChI is InChI=1S/C14H30N2/c1-5-10-15-11-13(3)16(4)14-8-6-12(2)7-9-14/h12-15H,5-11H2,1-4H3. The normalized spacial score (nSPS) is 28.3. The van der Waals surface area contributed by atoms with Gasteiger partial charge in [-0.3, -0.25) is 4.90 Å². The summed E-state index contributed by atoms with van der Waals surface area (Å²) in [6.07, 6.45) is 6.87. The van der Waals surface area contributed by atoms with Crippen LogP contribution in [0.25, 0.3) is 0 Å². The van der Waals surface area contributed by atoms with Crippen molar-refractivity contribution in [2.45, 2.75) is 65.0 Å². The van der Waals surface area contributed by atoms with Gasteiger partial charge in [0.1, 0.15) is 0 Å². The van der Waals surface area contributed by atoms with Gasteiger partial charge >= 0.3 is 0 Å². The molecule has 0 spiro atoms. The summed E-state index contributed by atoms with van der Waals surface area (Å²) in [6, 6.07) is 1.50. The first-order chi connectivity index (χ1) is 7.65. The Labute approximate surface area is 102 Å². The van der Waals surface area contributed by atoms with Gasteiger partial charge in [0, 0.05) is 18.6 Å². The molecule has 1 atom stereocenters. The molecule has 1 aliphatic rings. The third-order valence-corrected chi connectivity index (χ3v) is 4.12. The van der Waals surface area contributed by atoms with E-state index in [0.29, 0.717) is 6.04 Å². The molecule has 2 nitrogen and oxygen atoms in total. The lowest BCUT2D eigenvalue weighted by molar-refractivity contribution is 0.130. The topological polar surface area (TPSA) is 15.3 Å². The molecule has 0 heterocycles. The summed E-state index contributed by atoms with van der Waals surface area (Å²) in [4.78, 5) is 2.59. The second-order valence-electron chi connectivity index (χ2n) is 5.63. The van der Waals surface area contributed by atoms with E-state index in [0.717, 1.165) is 25.0 Å². The van der Waals surface area contributed by atoms with Crippen molar-refractivity contribution < 1.29 is 0 Å². The van der Waals surface area contributed by atoms with Crippen LogP contribution in [0.3, 0.4) is 0 Å². The molecule has 0 aliphatic heterocycles. The molecule has 16 heavy (non-hydrogen) atoms. The molecule has 0 bridgehead atoms. The number of nitrogens with one attached hydrogen (secondary N) is 1. The van der Waals surface area contributed by atoms with Gasteiger partial charge in [-0.05, 0) is 58.5 Å². The zero-order valence-electron chi connectivity index (χ0n) is 11.6. The molecule has 1 fully saturated rings. The van der Waals surface area contributed by atoms with Crippen LogP contribution >= 0.6 is 0 Å². The molecule has 1 aliphatic carbocycles. The minimum absolute atomic E-state index is 0.671. The van der Waals surface area contributed by atoms with Crippen LogP contribution in [0.5, 0.6) is 0 Å². The van der Waals surface area contributed by atoms with Crippen LogP contribution in [-0.4, -0.2) is 37.1 Å². The van der Waals surface area contributed by atoms with Crippen LogP contribution in [-0.2, 0) is 0 Å². The minimum atomic E-state index is 0.671. The third-order valence-electron chi connectivity index (χ3n) is 4.12. The maximum Gasteiger partial charge on any atom is 0.0192 e. The molecule has 1 rings (SSSR count). The summed E-state index contributed by atoms with van der Waals surface area (Å²) in [5.74, 6) is 0.957. The van der Waals surface area contributed by atoms with Gasteiger partial charge in [0.25, 0.3) is 0 Å². The third kappa shape index (κ3) is 4.42. The summed E-state index contributed by atoms with van der Waals surface area (Å²) in [7, 11) is 2.30. The van der Waals surface area contributed by atoms with Crippen LogP contribution < -0.4 is 5.32 Å². The van der Waals surface area contributed by atoms with Crippen LogP contribution in [0, 0.1) is 5.92 Å². The number of likely N-dealkylation sites (N-methyl/N-ethyl adjacent to an activating group) is 1. The van der Waals surface area contributed by atoms with E-state index < -0.39 is 0 Å². The highest BCUT2D eigenvalue weighted by Gasteiger charge is 2.24. The van der Waals surface area contributed by atoms with E-state index in [1.807, 2.05) is 0 Å². The zero-order chi connectivity index (χ0) is 12.0. The second kappa shape index (κ2) is 7.29. The maximum atomic E-state index is 3.52. The minimum Gasteiger partial charge on any atom is -0.315 e. The van der Waals surface area contributed by atoms with Gasteiger partial charge in [0.15, 0.2) is 0 Å². The van der Waals surface area contributed by atoms with E-state index in [2.05, 4.69) is 38.0 Å². The van der Waals surface area contributed by atoms with Gasteiger partial charge in [-0.1, -0.05) is 13.8 Å². The van der Waals surface area contributed by atoms with Gasteiger partial charge in [-0.15, -0.1) is 0 Å². The fourth-order valence-corrected chi connectivity index (χ4v) is 2.64. The molecule has 0 aromatic heterocycles. The fourth-order valence-electron chi connectivity index (χ4n) is 2.64. The Kier molecular flexibility index (Phi) is 6.37. The summed E-state index contributed by atoms with van der Waals surface area (Å²) in [6.45, 7) is 9.25. The van der Waals surface area contributed by atoms with Gasteiger partial charge in [0.2, 0.25) is 0 Å². The lowest BCUT2D eigenvalue weighted by Gasteiger charge is -2.37. The maximum absolute atomic E-state index is 3.52. The lowest BCUT2D eigenvalue weighted by Crippen LogP contribution is -2.45. The molecule has 96 valence electrons. The van der Waals surface area contributed by atoms with Crippen molar-refractivity contribution >= 4 is 0 Å². The molecule has 1 unspecified atom stereocenters. The predicted octanol–water partition coefficient (Wildman–Crippen LogP) is 2.89. The Morgan fingerprint density at radius 2 is 1.88 bits per heavy atom. The fraction of sp³-hybridized carbons (Fsp3) is 1.00. The second-order valence-corrected chi connectivity index (χ2v) is 5.63. The van der Waals surface area contributed by atoms with Crippen molar-refractivity contribution in [3.8, 4) is 0 Å². The van der Waals surface area contributed by atoms with E-state index in [1.165, 1.54) is 32.1 Å². The Balaban J connectivity index is 2.24. The molecule has 0 aromatic carbocycles. The van der Waals surface area contributed by atoms with Crippen molar-refractivity contribution in [1.29, 1.82) is 0 Å². The molecule has 1 N–H and O–H groups in total. The summed E-state index contributed by atoms with van der Waals surface area (Å²) >= 11 is 0. The van der Waals surface area contributed by atoms with Crippen LogP contribution in [0.15, 0.2) is 0 Å².